The Hall–Kier alpha value is -1.81. The van der Waals surface area contributed by atoms with E-state index < -0.39 is 5.97 Å². The Kier molecular flexibility index (Phi) is 3.15. The third-order valence-electron chi connectivity index (χ3n) is 2.21. The van der Waals surface area contributed by atoms with Crippen molar-refractivity contribution in [2.45, 2.75) is 13.8 Å². The molecule has 0 amide bonds. The van der Waals surface area contributed by atoms with Gasteiger partial charge in [-0.25, -0.2) is 4.79 Å². The number of benzene rings is 1. The Balaban J connectivity index is 2.22. The molecule has 17 heavy (non-hydrogen) atoms. The molecule has 0 radical (unpaired) electrons. The van der Waals surface area contributed by atoms with Crippen LogP contribution in [-0.2, 0) is 0 Å². The van der Waals surface area contributed by atoms with Gasteiger partial charge in [-0.05, 0) is 49.2 Å². The van der Waals surface area contributed by atoms with Crippen LogP contribution in [0.1, 0.15) is 20.8 Å². The minimum Gasteiger partial charge on any atom is -0.477 e. The minimum atomic E-state index is -0.926. The van der Waals surface area contributed by atoms with Crippen molar-refractivity contribution in [1.29, 1.82) is 0 Å². The van der Waals surface area contributed by atoms with Crippen molar-refractivity contribution >= 4 is 17.3 Å². The lowest BCUT2D eigenvalue weighted by atomic mass is 10.1. The number of aromatic carboxylic acids is 1. The van der Waals surface area contributed by atoms with E-state index in [2.05, 4.69) is 6.07 Å². The highest BCUT2D eigenvalue weighted by Gasteiger charge is 2.08. The van der Waals surface area contributed by atoms with Crippen LogP contribution in [0, 0.1) is 13.8 Å². The highest BCUT2D eigenvalue weighted by Crippen LogP contribution is 2.30. The Morgan fingerprint density at radius 2 is 1.82 bits per heavy atom. The third-order valence-corrected chi connectivity index (χ3v) is 3.16. The summed E-state index contributed by atoms with van der Waals surface area (Å²) in [4.78, 5) is 11.0. The number of rotatable bonds is 3. The van der Waals surface area contributed by atoms with Crippen molar-refractivity contribution in [3.63, 3.8) is 0 Å². The monoisotopic (exact) mass is 248 g/mol. The zero-order valence-corrected chi connectivity index (χ0v) is 10.4. The van der Waals surface area contributed by atoms with E-state index in [0.717, 1.165) is 28.2 Å². The maximum Gasteiger partial charge on any atom is 0.345 e. The average Bonchev–Trinajstić information content (AvgIpc) is 2.64. The van der Waals surface area contributed by atoms with Gasteiger partial charge in [0.25, 0.3) is 0 Å². The van der Waals surface area contributed by atoms with E-state index in [1.54, 1.807) is 12.1 Å². The lowest BCUT2D eigenvalue weighted by Gasteiger charge is -2.05. The molecule has 1 heterocycles. The lowest BCUT2D eigenvalue weighted by Crippen LogP contribution is -1.89. The fourth-order valence-corrected chi connectivity index (χ4v) is 2.31. The number of carboxylic acids is 1. The Bertz CT molecular complexity index is 537. The van der Waals surface area contributed by atoms with Crippen molar-refractivity contribution in [2.75, 3.05) is 0 Å². The van der Waals surface area contributed by atoms with Crippen LogP contribution in [0.15, 0.2) is 30.3 Å². The number of thiophene rings is 1. The Labute approximate surface area is 103 Å². The first-order valence-corrected chi connectivity index (χ1v) is 5.95. The van der Waals surface area contributed by atoms with Crippen LogP contribution in [0.25, 0.3) is 0 Å². The molecule has 1 aromatic heterocycles. The van der Waals surface area contributed by atoms with Crippen LogP contribution in [0.4, 0.5) is 0 Å². The molecule has 0 aliphatic heterocycles. The second-order valence-corrected chi connectivity index (χ2v) is 4.90. The van der Waals surface area contributed by atoms with Gasteiger partial charge in [0.15, 0.2) is 5.06 Å². The lowest BCUT2D eigenvalue weighted by molar-refractivity contribution is 0.0702. The van der Waals surface area contributed by atoms with Gasteiger partial charge in [-0.15, -0.1) is 0 Å². The fraction of sp³-hybridized carbons (Fsp3) is 0.154. The largest absolute Gasteiger partial charge is 0.477 e. The standard InChI is InChI=1S/C13H12O3S/c1-8-5-9(2)7-10(6-8)16-12-4-3-11(17-12)13(14)15/h3-7H,1-2H3,(H,14,15). The molecule has 0 saturated carbocycles. The van der Waals surface area contributed by atoms with Gasteiger partial charge < -0.3 is 9.84 Å². The third kappa shape index (κ3) is 2.85. The molecule has 3 nitrogen and oxygen atoms in total. The first-order chi connectivity index (χ1) is 8.04. The molecule has 2 rings (SSSR count). The molecule has 0 spiro atoms. The SMILES string of the molecule is Cc1cc(C)cc(Oc2ccc(C(=O)O)s2)c1. The summed E-state index contributed by atoms with van der Waals surface area (Å²) in [5, 5.41) is 9.40. The van der Waals surface area contributed by atoms with Gasteiger partial charge in [-0.1, -0.05) is 17.4 Å². The number of carbonyl (C=O) groups is 1. The highest BCUT2D eigenvalue weighted by molar-refractivity contribution is 7.15. The van der Waals surface area contributed by atoms with Crippen molar-refractivity contribution in [3.8, 4) is 10.8 Å². The maximum absolute atomic E-state index is 10.7. The summed E-state index contributed by atoms with van der Waals surface area (Å²) in [6.07, 6.45) is 0. The van der Waals surface area contributed by atoms with Gasteiger partial charge in [0, 0.05) is 0 Å². The molecule has 0 unspecified atom stereocenters. The summed E-state index contributed by atoms with van der Waals surface area (Å²) >= 11 is 1.13. The summed E-state index contributed by atoms with van der Waals surface area (Å²) < 4.78 is 5.63. The van der Waals surface area contributed by atoms with Crippen molar-refractivity contribution in [2.24, 2.45) is 0 Å². The summed E-state index contributed by atoms with van der Waals surface area (Å²) in [6.45, 7) is 3.99. The Morgan fingerprint density at radius 1 is 1.18 bits per heavy atom. The van der Waals surface area contributed by atoms with Crippen LogP contribution in [0.2, 0.25) is 0 Å². The molecule has 0 saturated heterocycles. The predicted octanol–water partition coefficient (Wildman–Crippen LogP) is 3.86. The zero-order valence-electron chi connectivity index (χ0n) is 9.56. The van der Waals surface area contributed by atoms with Gasteiger partial charge in [-0.3, -0.25) is 0 Å². The maximum atomic E-state index is 10.7. The normalized spacial score (nSPS) is 10.2. The summed E-state index contributed by atoms with van der Waals surface area (Å²) in [5.74, 6) is -0.188. The molecule has 0 aliphatic carbocycles. The quantitative estimate of drug-likeness (QED) is 0.897. The molecule has 88 valence electrons. The number of hydrogen-bond acceptors (Lipinski definition) is 3. The number of hydrogen-bond donors (Lipinski definition) is 1. The number of aryl methyl sites for hydroxylation is 2. The van der Waals surface area contributed by atoms with Gasteiger partial charge >= 0.3 is 5.97 Å². The predicted molar refractivity (Wildman–Crippen MR) is 67.3 cm³/mol. The van der Waals surface area contributed by atoms with E-state index in [4.69, 9.17) is 9.84 Å². The topological polar surface area (TPSA) is 46.5 Å². The smallest absolute Gasteiger partial charge is 0.345 e. The molecular formula is C13H12O3S. The summed E-state index contributed by atoms with van der Waals surface area (Å²) in [7, 11) is 0. The molecular weight excluding hydrogens is 236 g/mol. The second kappa shape index (κ2) is 4.59. The van der Waals surface area contributed by atoms with Gasteiger partial charge in [0.2, 0.25) is 0 Å². The molecule has 4 heteroatoms. The van der Waals surface area contributed by atoms with Gasteiger partial charge in [0.05, 0.1) is 0 Å². The molecule has 2 aromatic rings. The summed E-state index contributed by atoms with van der Waals surface area (Å²) in [5.41, 5.74) is 2.24. The fourth-order valence-electron chi connectivity index (χ4n) is 1.60. The van der Waals surface area contributed by atoms with Crippen LogP contribution in [-0.4, -0.2) is 11.1 Å². The van der Waals surface area contributed by atoms with E-state index in [-0.39, 0.29) is 4.88 Å². The van der Waals surface area contributed by atoms with Crippen LogP contribution in [0.5, 0.6) is 10.8 Å². The molecule has 0 aliphatic rings. The number of carboxylic acid groups (broad SMARTS) is 1. The van der Waals surface area contributed by atoms with Gasteiger partial charge in [-0.2, -0.15) is 0 Å². The van der Waals surface area contributed by atoms with Crippen molar-refractivity contribution < 1.29 is 14.6 Å². The van der Waals surface area contributed by atoms with Crippen LogP contribution in [0.3, 0.4) is 0 Å². The van der Waals surface area contributed by atoms with E-state index in [0.29, 0.717) is 5.06 Å². The molecule has 0 fully saturated rings. The van der Waals surface area contributed by atoms with Crippen LogP contribution < -0.4 is 4.74 Å². The van der Waals surface area contributed by atoms with E-state index >= 15 is 0 Å². The average molecular weight is 248 g/mol. The first kappa shape index (κ1) is 11.7. The first-order valence-electron chi connectivity index (χ1n) is 5.14. The second-order valence-electron chi connectivity index (χ2n) is 3.85. The zero-order chi connectivity index (χ0) is 12.4. The molecule has 0 bridgehead atoms. The van der Waals surface area contributed by atoms with Crippen LogP contribution >= 0.6 is 11.3 Å². The molecule has 1 aromatic carbocycles. The van der Waals surface area contributed by atoms with Gasteiger partial charge in [0.1, 0.15) is 10.6 Å². The number of ether oxygens (including phenoxy) is 1. The van der Waals surface area contributed by atoms with Crippen molar-refractivity contribution in [3.05, 3.63) is 46.3 Å². The summed E-state index contributed by atoms with van der Waals surface area (Å²) in [6, 6.07) is 9.13. The highest BCUT2D eigenvalue weighted by atomic mass is 32.1. The minimum absolute atomic E-state index is 0.282. The van der Waals surface area contributed by atoms with E-state index in [1.807, 2.05) is 26.0 Å². The Morgan fingerprint density at radius 3 is 2.35 bits per heavy atom. The van der Waals surface area contributed by atoms with Crippen molar-refractivity contribution in [1.82, 2.24) is 0 Å². The molecule has 0 atom stereocenters. The van der Waals surface area contributed by atoms with E-state index in [1.165, 1.54) is 0 Å². The van der Waals surface area contributed by atoms with E-state index in [9.17, 15) is 4.79 Å². The molecule has 1 N–H and O–H groups in total.